The lowest BCUT2D eigenvalue weighted by molar-refractivity contribution is -0.124. The highest BCUT2D eigenvalue weighted by atomic mass is 19.1. The first-order valence-corrected chi connectivity index (χ1v) is 6.26. The second kappa shape index (κ2) is 6.88. The summed E-state index contributed by atoms with van der Waals surface area (Å²) in [5.41, 5.74) is -0.173. The molecule has 0 saturated carbocycles. The first-order valence-electron chi connectivity index (χ1n) is 6.26. The van der Waals surface area contributed by atoms with Gasteiger partial charge in [0.1, 0.15) is 0 Å². The number of carboxylic acid groups (broad SMARTS) is 1. The Kier molecular flexibility index (Phi) is 5.49. The van der Waals surface area contributed by atoms with Gasteiger partial charge in [0.25, 0.3) is 5.91 Å². The van der Waals surface area contributed by atoms with E-state index in [4.69, 9.17) is 9.84 Å². The van der Waals surface area contributed by atoms with Gasteiger partial charge in [0.15, 0.2) is 18.2 Å². The van der Waals surface area contributed by atoms with E-state index in [0.29, 0.717) is 0 Å². The van der Waals surface area contributed by atoms with Crippen LogP contribution in [-0.4, -0.2) is 29.6 Å². The number of aromatic carboxylic acids is 1. The van der Waals surface area contributed by atoms with E-state index in [2.05, 4.69) is 5.32 Å². The van der Waals surface area contributed by atoms with Crippen LogP contribution in [0.4, 0.5) is 4.39 Å². The molecular weight excluding hydrogens is 265 g/mol. The smallest absolute Gasteiger partial charge is 0.335 e. The van der Waals surface area contributed by atoms with Crippen molar-refractivity contribution in [3.8, 4) is 5.75 Å². The lowest BCUT2D eigenvalue weighted by Gasteiger charge is -2.17. The molecular formula is C14H18FNO4. The summed E-state index contributed by atoms with van der Waals surface area (Å²) < 4.78 is 18.6. The molecule has 0 aliphatic carbocycles. The Morgan fingerprint density at radius 2 is 2.00 bits per heavy atom. The Hall–Kier alpha value is -2.11. The van der Waals surface area contributed by atoms with Crippen molar-refractivity contribution in [3.63, 3.8) is 0 Å². The minimum Gasteiger partial charge on any atom is -0.481 e. The second-order valence-electron chi connectivity index (χ2n) is 4.84. The summed E-state index contributed by atoms with van der Waals surface area (Å²) in [6.07, 6.45) is 0. The van der Waals surface area contributed by atoms with Crippen LogP contribution in [0.3, 0.4) is 0 Å². The summed E-state index contributed by atoms with van der Waals surface area (Å²) in [6, 6.07) is 3.25. The largest absolute Gasteiger partial charge is 0.481 e. The Balaban J connectivity index is 2.58. The monoisotopic (exact) mass is 283 g/mol. The molecule has 1 rings (SSSR count). The van der Waals surface area contributed by atoms with Crippen LogP contribution in [0.2, 0.25) is 0 Å². The van der Waals surface area contributed by atoms with Gasteiger partial charge in [0.05, 0.1) is 5.56 Å². The molecule has 1 atom stereocenters. The zero-order valence-electron chi connectivity index (χ0n) is 11.6. The predicted molar refractivity (Wildman–Crippen MR) is 71.3 cm³/mol. The fourth-order valence-electron chi connectivity index (χ4n) is 1.36. The molecule has 110 valence electrons. The van der Waals surface area contributed by atoms with Crippen LogP contribution < -0.4 is 10.1 Å². The quantitative estimate of drug-likeness (QED) is 0.838. The average Bonchev–Trinajstić information content (AvgIpc) is 2.36. The fourth-order valence-corrected chi connectivity index (χ4v) is 1.36. The van der Waals surface area contributed by atoms with Gasteiger partial charge in [0, 0.05) is 6.04 Å². The second-order valence-corrected chi connectivity index (χ2v) is 4.84. The van der Waals surface area contributed by atoms with Crippen molar-refractivity contribution in [2.45, 2.75) is 26.8 Å². The van der Waals surface area contributed by atoms with Crippen LogP contribution in [0, 0.1) is 11.7 Å². The molecule has 1 unspecified atom stereocenters. The van der Waals surface area contributed by atoms with E-state index in [1.54, 1.807) is 0 Å². The highest BCUT2D eigenvalue weighted by Gasteiger charge is 2.13. The summed E-state index contributed by atoms with van der Waals surface area (Å²) >= 11 is 0. The molecule has 1 aromatic carbocycles. The maximum Gasteiger partial charge on any atom is 0.335 e. The van der Waals surface area contributed by atoms with Crippen LogP contribution in [0.15, 0.2) is 18.2 Å². The molecule has 6 heteroatoms. The SMILES string of the molecule is CC(C)C(C)NC(=O)COc1ccc(C(=O)O)cc1F. The first-order chi connectivity index (χ1) is 9.31. The Bertz CT molecular complexity index is 502. The average molecular weight is 283 g/mol. The molecule has 0 aromatic heterocycles. The number of benzene rings is 1. The Morgan fingerprint density at radius 1 is 1.35 bits per heavy atom. The third-order valence-corrected chi connectivity index (χ3v) is 2.93. The highest BCUT2D eigenvalue weighted by molar-refractivity contribution is 5.87. The molecule has 0 saturated heterocycles. The Morgan fingerprint density at radius 3 is 2.50 bits per heavy atom. The number of carboxylic acids is 1. The van der Waals surface area contributed by atoms with Crippen molar-refractivity contribution < 1.29 is 23.8 Å². The number of hydrogen-bond donors (Lipinski definition) is 2. The lowest BCUT2D eigenvalue weighted by Crippen LogP contribution is -2.39. The van der Waals surface area contributed by atoms with Gasteiger partial charge in [-0.05, 0) is 31.0 Å². The van der Waals surface area contributed by atoms with Gasteiger partial charge in [-0.1, -0.05) is 13.8 Å². The third-order valence-electron chi connectivity index (χ3n) is 2.93. The molecule has 0 spiro atoms. The number of halogens is 1. The number of amides is 1. The summed E-state index contributed by atoms with van der Waals surface area (Å²) in [4.78, 5) is 22.2. The van der Waals surface area contributed by atoms with E-state index in [9.17, 15) is 14.0 Å². The Labute approximate surface area is 116 Å². The van der Waals surface area contributed by atoms with Crippen molar-refractivity contribution in [2.24, 2.45) is 5.92 Å². The van der Waals surface area contributed by atoms with Crippen LogP contribution >= 0.6 is 0 Å². The van der Waals surface area contributed by atoms with E-state index < -0.39 is 11.8 Å². The lowest BCUT2D eigenvalue weighted by atomic mass is 10.1. The van der Waals surface area contributed by atoms with E-state index >= 15 is 0 Å². The van der Waals surface area contributed by atoms with Crippen molar-refractivity contribution in [1.29, 1.82) is 0 Å². The molecule has 2 N–H and O–H groups in total. The van der Waals surface area contributed by atoms with E-state index in [1.807, 2.05) is 20.8 Å². The number of hydrogen-bond acceptors (Lipinski definition) is 3. The van der Waals surface area contributed by atoms with E-state index in [-0.39, 0.29) is 35.8 Å². The molecule has 0 radical (unpaired) electrons. The molecule has 0 heterocycles. The molecule has 0 aliphatic heterocycles. The molecule has 5 nitrogen and oxygen atoms in total. The van der Waals surface area contributed by atoms with Crippen molar-refractivity contribution in [1.82, 2.24) is 5.32 Å². The van der Waals surface area contributed by atoms with Crippen LogP contribution in [0.1, 0.15) is 31.1 Å². The molecule has 0 fully saturated rings. The molecule has 0 bridgehead atoms. The number of carbonyl (C=O) groups is 2. The normalized spacial score (nSPS) is 12.1. The van der Waals surface area contributed by atoms with E-state index in [0.717, 1.165) is 6.07 Å². The summed E-state index contributed by atoms with van der Waals surface area (Å²) in [7, 11) is 0. The van der Waals surface area contributed by atoms with Crippen molar-refractivity contribution in [2.75, 3.05) is 6.61 Å². The third kappa shape index (κ3) is 4.53. The molecule has 1 amide bonds. The molecule has 0 aliphatic rings. The first kappa shape index (κ1) is 15.9. The summed E-state index contributed by atoms with van der Waals surface area (Å²) in [6.45, 7) is 5.48. The minimum atomic E-state index is -1.22. The molecule has 20 heavy (non-hydrogen) atoms. The van der Waals surface area contributed by atoms with Crippen molar-refractivity contribution in [3.05, 3.63) is 29.6 Å². The van der Waals surface area contributed by atoms with Gasteiger partial charge in [-0.2, -0.15) is 0 Å². The number of rotatable bonds is 6. The van der Waals surface area contributed by atoms with Gasteiger partial charge in [-0.15, -0.1) is 0 Å². The van der Waals surface area contributed by atoms with Crippen molar-refractivity contribution >= 4 is 11.9 Å². The maximum absolute atomic E-state index is 13.5. The van der Waals surface area contributed by atoms with Crippen LogP contribution in [0.25, 0.3) is 0 Å². The standard InChI is InChI=1S/C14H18FNO4/c1-8(2)9(3)16-13(17)7-20-12-5-4-10(14(18)19)6-11(12)15/h4-6,8-9H,7H2,1-3H3,(H,16,17)(H,18,19). The van der Waals surface area contributed by atoms with Crippen LogP contribution in [0.5, 0.6) is 5.75 Å². The topological polar surface area (TPSA) is 75.6 Å². The predicted octanol–water partition coefficient (Wildman–Crippen LogP) is 2.06. The van der Waals surface area contributed by atoms with Gasteiger partial charge in [-0.3, -0.25) is 4.79 Å². The maximum atomic E-state index is 13.5. The number of ether oxygens (including phenoxy) is 1. The van der Waals surface area contributed by atoms with Gasteiger partial charge in [0.2, 0.25) is 0 Å². The number of nitrogens with one attached hydrogen (secondary N) is 1. The highest BCUT2D eigenvalue weighted by Crippen LogP contribution is 2.18. The molecule has 1 aromatic rings. The fraction of sp³-hybridized carbons (Fsp3) is 0.429. The van der Waals surface area contributed by atoms with Gasteiger partial charge < -0.3 is 15.2 Å². The summed E-state index contributed by atoms with van der Waals surface area (Å²) in [5.74, 6) is -2.26. The van der Waals surface area contributed by atoms with Crippen LogP contribution in [-0.2, 0) is 4.79 Å². The zero-order chi connectivity index (χ0) is 15.3. The van der Waals surface area contributed by atoms with E-state index in [1.165, 1.54) is 12.1 Å². The summed E-state index contributed by atoms with van der Waals surface area (Å²) in [5, 5.41) is 11.4. The minimum absolute atomic E-state index is 0.00895. The van der Waals surface area contributed by atoms with Gasteiger partial charge in [-0.25, -0.2) is 9.18 Å². The number of carbonyl (C=O) groups excluding carboxylic acids is 1. The zero-order valence-corrected chi connectivity index (χ0v) is 11.6. The van der Waals surface area contributed by atoms with Gasteiger partial charge >= 0.3 is 5.97 Å².